The van der Waals surface area contributed by atoms with Crippen molar-refractivity contribution < 1.29 is 13.6 Å². The zero-order valence-electron chi connectivity index (χ0n) is 15.5. The number of carbonyl (C=O) groups is 1. The molecule has 4 heterocycles. The summed E-state index contributed by atoms with van der Waals surface area (Å²) in [5.41, 5.74) is 2.88. The Morgan fingerprint density at radius 1 is 1.24 bits per heavy atom. The van der Waals surface area contributed by atoms with E-state index in [0.717, 1.165) is 29.0 Å². The third-order valence-corrected chi connectivity index (χ3v) is 5.12. The van der Waals surface area contributed by atoms with Crippen molar-refractivity contribution in [1.29, 1.82) is 0 Å². The summed E-state index contributed by atoms with van der Waals surface area (Å²) in [6, 6.07) is 11.3. The first-order valence-electron chi connectivity index (χ1n) is 9.36. The summed E-state index contributed by atoms with van der Waals surface area (Å²) in [5, 5.41) is 2.76. The minimum absolute atomic E-state index is 0.0260. The van der Waals surface area contributed by atoms with Crippen LogP contribution in [0.2, 0.25) is 0 Å². The Labute approximate surface area is 165 Å². The van der Waals surface area contributed by atoms with Crippen molar-refractivity contribution in [3.8, 4) is 11.4 Å². The maximum Gasteiger partial charge on any atom is 0.321 e. The van der Waals surface area contributed by atoms with Gasteiger partial charge in [0, 0.05) is 25.0 Å². The monoisotopic (exact) mass is 391 g/mol. The lowest BCUT2D eigenvalue weighted by Crippen LogP contribution is -2.33. The van der Waals surface area contributed by atoms with E-state index in [1.54, 1.807) is 35.8 Å². The molecule has 1 saturated heterocycles. The van der Waals surface area contributed by atoms with E-state index in [1.165, 1.54) is 12.1 Å². The SMILES string of the molecule is O=C(Nc1cccc(F)c1)N1CC[C@H](n2c(-c3ccoc3)nc3cccnc32)C1. The molecule has 5 rings (SSSR count). The highest BCUT2D eigenvalue weighted by molar-refractivity contribution is 5.89. The molecule has 0 aliphatic carbocycles. The van der Waals surface area contributed by atoms with Gasteiger partial charge in [0.15, 0.2) is 5.65 Å². The minimum atomic E-state index is -0.386. The molecule has 0 saturated carbocycles. The smallest absolute Gasteiger partial charge is 0.321 e. The first-order valence-corrected chi connectivity index (χ1v) is 9.36. The van der Waals surface area contributed by atoms with Crippen LogP contribution in [0, 0.1) is 5.82 Å². The highest BCUT2D eigenvalue weighted by atomic mass is 19.1. The van der Waals surface area contributed by atoms with Gasteiger partial charge in [-0.2, -0.15) is 0 Å². The van der Waals surface area contributed by atoms with Gasteiger partial charge in [0.25, 0.3) is 0 Å². The number of fused-ring (bicyclic) bond motifs is 1. The first kappa shape index (κ1) is 17.4. The number of urea groups is 1. The lowest BCUT2D eigenvalue weighted by atomic mass is 10.2. The second kappa shape index (κ2) is 7.05. The van der Waals surface area contributed by atoms with E-state index in [9.17, 15) is 9.18 Å². The number of likely N-dealkylation sites (tertiary alicyclic amines) is 1. The third kappa shape index (κ3) is 3.22. The molecule has 1 atom stereocenters. The predicted molar refractivity (Wildman–Crippen MR) is 106 cm³/mol. The van der Waals surface area contributed by atoms with Crippen molar-refractivity contribution in [3.63, 3.8) is 0 Å². The summed E-state index contributed by atoms with van der Waals surface area (Å²) in [7, 11) is 0. The molecule has 1 N–H and O–H groups in total. The fourth-order valence-corrected chi connectivity index (χ4v) is 3.78. The van der Waals surface area contributed by atoms with Crippen molar-refractivity contribution in [2.24, 2.45) is 0 Å². The molecule has 1 fully saturated rings. The fourth-order valence-electron chi connectivity index (χ4n) is 3.78. The summed E-state index contributed by atoms with van der Waals surface area (Å²) in [6.45, 7) is 1.09. The second-order valence-corrected chi connectivity index (χ2v) is 6.99. The molecule has 4 aromatic rings. The highest BCUT2D eigenvalue weighted by Gasteiger charge is 2.31. The van der Waals surface area contributed by atoms with Gasteiger partial charge in [-0.05, 0) is 42.8 Å². The molecule has 29 heavy (non-hydrogen) atoms. The van der Waals surface area contributed by atoms with Crippen molar-refractivity contribution >= 4 is 22.9 Å². The number of aromatic nitrogens is 3. The first-order chi connectivity index (χ1) is 14.2. The topological polar surface area (TPSA) is 76.2 Å². The highest BCUT2D eigenvalue weighted by Crippen LogP contribution is 2.32. The van der Waals surface area contributed by atoms with E-state index in [1.807, 2.05) is 18.2 Å². The van der Waals surface area contributed by atoms with Gasteiger partial charge in [-0.25, -0.2) is 19.2 Å². The maximum absolute atomic E-state index is 13.4. The average molecular weight is 391 g/mol. The van der Waals surface area contributed by atoms with E-state index >= 15 is 0 Å². The van der Waals surface area contributed by atoms with Gasteiger partial charge in [-0.1, -0.05) is 6.07 Å². The number of rotatable bonds is 3. The molecule has 7 nitrogen and oxygen atoms in total. The summed E-state index contributed by atoms with van der Waals surface area (Å²) in [4.78, 5) is 23.6. The Hall–Kier alpha value is -3.68. The third-order valence-electron chi connectivity index (χ3n) is 5.12. The molecule has 8 heteroatoms. The van der Waals surface area contributed by atoms with E-state index in [0.29, 0.717) is 18.8 Å². The van der Waals surface area contributed by atoms with Crippen molar-refractivity contribution in [3.05, 3.63) is 67.0 Å². The number of nitrogens with one attached hydrogen (secondary N) is 1. The summed E-state index contributed by atoms with van der Waals surface area (Å²) in [6.07, 6.45) is 5.77. The molecule has 3 aromatic heterocycles. The number of nitrogens with zero attached hydrogens (tertiary/aromatic N) is 4. The zero-order chi connectivity index (χ0) is 19.8. The number of amides is 2. The Morgan fingerprint density at radius 3 is 3.00 bits per heavy atom. The van der Waals surface area contributed by atoms with Crippen molar-refractivity contribution in [1.82, 2.24) is 19.4 Å². The molecule has 146 valence electrons. The molecule has 0 unspecified atom stereocenters. The van der Waals surface area contributed by atoms with Gasteiger partial charge in [0.1, 0.15) is 23.4 Å². The van der Waals surface area contributed by atoms with Crippen LogP contribution in [0.15, 0.2) is 65.6 Å². The van der Waals surface area contributed by atoms with Gasteiger partial charge >= 0.3 is 6.03 Å². The number of carbonyl (C=O) groups excluding carboxylic acids is 1. The second-order valence-electron chi connectivity index (χ2n) is 6.99. The van der Waals surface area contributed by atoms with Crippen LogP contribution >= 0.6 is 0 Å². The van der Waals surface area contributed by atoms with Gasteiger partial charge in [0.2, 0.25) is 0 Å². The Bertz CT molecular complexity index is 1170. The van der Waals surface area contributed by atoms with Crippen LogP contribution in [0.1, 0.15) is 12.5 Å². The zero-order valence-corrected chi connectivity index (χ0v) is 15.5. The number of anilines is 1. The number of halogens is 1. The number of pyridine rings is 1. The van der Waals surface area contributed by atoms with Gasteiger partial charge in [-0.15, -0.1) is 0 Å². The molecule has 0 bridgehead atoms. The van der Waals surface area contributed by atoms with E-state index < -0.39 is 0 Å². The molecule has 2 amide bonds. The molecular weight excluding hydrogens is 373 g/mol. The van der Waals surface area contributed by atoms with Crippen molar-refractivity contribution in [2.45, 2.75) is 12.5 Å². The lowest BCUT2D eigenvalue weighted by Gasteiger charge is -2.19. The summed E-state index contributed by atoms with van der Waals surface area (Å²) >= 11 is 0. The van der Waals surface area contributed by atoms with Crippen molar-refractivity contribution in [2.75, 3.05) is 18.4 Å². The van der Waals surface area contributed by atoms with Gasteiger partial charge in [0.05, 0.1) is 17.9 Å². The van der Waals surface area contributed by atoms with Crippen LogP contribution < -0.4 is 5.32 Å². The quantitative estimate of drug-likeness (QED) is 0.565. The minimum Gasteiger partial charge on any atom is -0.472 e. The van der Waals surface area contributed by atoms with Crippen LogP contribution in [-0.4, -0.2) is 38.6 Å². The Kier molecular flexibility index (Phi) is 4.23. The standard InChI is InChI=1S/C21H18FN5O2/c22-15-3-1-4-16(11-15)24-21(28)26-9-6-17(12-26)27-19(14-7-10-29-13-14)25-18-5-2-8-23-20(18)27/h1-5,7-8,10-11,13,17H,6,9,12H2,(H,24,28)/t17-/m0/s1. The number of hydrogen-bond donors (Lipinski definition) is 1. The molecule has 1 aromatic carbocycles. The normalized spacial score (nSPS) is 16.4. The summed E-state index contributed by atoms with van der Waals surface area (Å²) < 4.78 is 20.7. The molecular formula is C21H18FN5O2. The van der Waals surface area contributed by atoms with E-state index in [2.05, 4.69) is 14.9 Å². The van der Waals surface area contributed by atoms with Crippen LogP contribution in [-0.2, 0) is 0 Å². The fraction of sp³-hybridized carbons (Fsp3) is 0.190. The van der Waals surface area contributed by atoms with Crippen LogP contribution in [0.25, 0.3) is 22.6 Å². The van der Waals surface area contributed by atoms with Crippen LogP contribution in [0.3, 0.4) is 0 Å². The van der Waals surface area contributed by atoms with Gasteiger partial charge < -0.3 is 19.2 Å². The number of benzene rings is 1. The Morgan fingerprint density at radius 2 is 2.17 bits per heavy atom. The molecule has 0 radical (unpaired) electrons. The van der Waals surface area contributed by atoms with Crippen LogP contribution in [0.4, 0.5) is 14.9 Å². The number of imidazole rings is 1. The molecule has 1 aliphatic heterocycles. The van der Waals surface area contributed by atoms with E-state index in [-0.39, 0.29) is 17.9 Å². The van der Waals surface area contributed by atoms with Gasteiger partial charge in [-0.3, -0.25) is 0 Å². The largest absolute Gasteiger partial charge is 0.472 e. The Balaban J connectivity index is 1.42. The molecule has 1 aliphatic rings. The predicted octanol–water partition coefficient (Wildman–Crippen LogP) is 4.31. The lowest BCUT2D eigenvalue weighted by molar-refractivity contribution is 0.221. The molecule has 0 spiro atoms. The number of furan rings is 1. The maximum atomic E-state index is 13.4. The van der Waals surface area contributed by atoms with Crippen LogP contribution in [0.5, 0.6) is 0 Å². The number of hydrogen-bond acceptors (Lipinski definition) is 4. The summed E-state index contributed by atoms with van der Waals surface area (Å²) in [5.74, 6) is 0.382. The van der Waals surface area contributed by atoms with E-state index in [4.69, 9.17) is 9.40 Å². The average Bonchev–Trinajstić information content (AvgIpc) is 3.46.